The molecule has 3 aromatic rings. The summed E-state index contributed by atoms with van der Waals surface area (Å²) in [5.41, 5.74) is 2.30. The molecule has 0 bridgehead atoms. The molecular formula is C29H30O6. The Balaban J connectivity index is 1.86. The fourth-order valence-corrected chi connectivity index (χ4v) is 3.64. The number of phenolic OH excluding ortho intramolecular Hbond substituents is 1. The molecule has 2 heterocycles. The highest BCUT2D eigenvalue weighted by molar-refractivity contribution is 5.93. The molecule has 1 aromatic heterocycles. The van der Waals surface area contributed by atoms with Crippen molar-refractivity contribution in [3.63, 3.8) is 0 Å². The van der Waals surface area contributed by atoms with Crippen molar-refractivity contribution in [1.29, 1.82) is 0 Å². The highest BCUT2D eigenvalue weighted by Gasteiger charge is 2.28. The fraction of sp³-hybridized carbons (Fsp3) is 0.276. The van der Waals surface area contributed by atoms with Gasteiger partial charge in [0.15, 0.2) is 5.76 Å². The van der Waals surface area contributed by atoms with Crippen molar-refractivity contribution in [2.75, 3.05) is 6.61 Å². The number of fused-ring (bicyclic) bond motifs is 2. The molecule has 1 aliphatic rings. The molecule has 0 fully saturated rings. The lowest BCUT2D eigenvalue weighted by molar-refractivity contribution is 0.158. The second kappa shape index (κ2) is 9.37. The number of rotatable bonds is 6. The number of phenols is 1. The van der Waals surface area contributed by atoms with Crippen LogP contribution in [0.3, 0.4) is 0 Å². The minimum absolute atomic E-state index is 0.00630. The molecule has 0 saturated carbocycles. The largest absolute Gasteiger partial charge is 0.506 e. The predicted molar refractivity (Wildman–Crippen MR) is 138 cm³/mol. The minimum atomic E-state index is -0.552. The van der Waals surface area contributed by atoms with Gasteiger partial charge in [-0.1, -0.05) is 5.57 Å². The Hall–Kier alpha value is -3.93. The molecule has 1 N–H and O–H groups in total. The van der Waals surface area contributed by atoms with Crippen LogP contribution in [0.4, 0.5) is 0 Å². The molecule has 0 radical (unpaired) electrons. The van der Waals surface area contributed by atoms with Crippen molar-refractivity contribution in [2.24, 2.45) is 0 Å². The Kier molecular flexibility index (Phi) is 6.48. The maximum absolute atomic E-state index is 13.6. The first kappa shape index (κ1) is 24.2. The molecule has 182 valence electrons. The number of aromatic hydroxyl groups is 1. The topological polar surface area (TPSA) is 78.1 Å². The Bertz CT molecular complexity index is 1410. The van der Waals surface area contributed by atoms with Crippen LogP contribution in [0.15, 0.2) is 69.1 Å². The van der Waals surface area contributed by atoms with E-state index in [1.165, 1.54) is 11.8 Å². The van der Waals surface area contributed by atoms with Gasteiger partial charge in [-0.25, -0.2) is 0 Å². The molecular weight excluding hydrogens is 444 g/mol. The highest BCUT2D eigenvalue weighted by atomic mass is 16.5. The lowest BCUT2D eigenvalue weighted by Gasteiger charge is -2.28. The first-order valence-electron chi connectivity index (χ1n) is 11.5. The minimum Gasteiger partial charge on any atom is -0.506 e. The van der Waals surface area contributed by atoms with Gasteiger partial charge in [0.05, 0.1) is 11.8 Å². The predicted octanol–water partition coefficient (Wildman–Crippen LogP) is 7.00. The van der Waals surface area contributed by atoms with E-state index in [-0.39, 0.29) is 28.2 Å². The molecule has 6 heteroatoms. The van der Waals surface area contributed by atoms with Crippen LogP contribution in [0.25, 0.3) is 28.4 Å². The third-order valence-corrected chi connectivity index (χ3v) is 5.41. The maximum atomic E-state index is 13.6. The summed E-state index contributed by atoms with van der Waals surface area (Å²) < 4.78 is 23.7. The molecule has 35 heavy (non-hydrogen) atoms. The second-order valence-corrected chi connectivity index (χ2v) is 9.57. The Morgan fingerprint density at radius 1 is 1.09 bits per heavy atom. The second-order valence-electron chi connectivity index (χ2n) is 9.57. The molecule has 0 atom stereocenters. The number of allylic oxidation sites excluding steroid dienone is 2. The third-order valence-electron chi connectivity index (χ3n) is 5.41. The van der Waals surface area contributed by atoms with E-state index in [1.54, 1.807) is 24.3 Å². The van der Waals surface area contributed by atoms with E-state index in [2.05, 4.69) is 0 Å². The molecule has 0 unspecified atom stereocenters. The van der Waals surface area contributed by atoms with Crippen LogP contribution in [-0.4, -0.2) is 17.3 Å². The summed E-state index contributed by atoms with van der Waals surface area (Å²) in [5, 5.41) is 11.0. The normalized spacial score (nSPS) is 13.5. The van der Waals surface area contributed by atoms with Crippen LogP contribution in [0.2, 0.25) is 0 Å². The van der Waals surface area contributed by atoms with Crippen LogP contribution >= 0.6 is 0 Å². The smallest absolute Gasteiger partial charge is 0.239 e. The van der Waals surface area contributed by atoms with Crippen molar-refractivity contribution in [1.82, 2.24) is 0 Å². The Labute approximate surface area is 204 Å². The van der Waals surface area contributed by atoms with E-state index in [0.717, 1.165) is 5.57 Å². The maximum Gasteiger partial charge on any atom is 0.239 e. The third kappa shape index (κ3) is 5.11. The molecule has 4 rings (SSSR count). The molecule has 1 aliphatic heterocycles. The molecule has 0 amide bonds. The van der Waals surface area contributed by atoms with Crippen molar-refractivity contribution >= 4 is 17.0 Å². The molecule has 2 aromatic carbocycles. The summed E-state index contributed by atoms with van der Waals surface area (Å²) in [6, 6.07) is 8.87. The van der Waals surface area contributed by atoms with Gasteiger partial charge in [-0.2, -0.15) is 0 Å². The standard InChI is InChI=1S/C29H30O6/c1-17(2)12-14-32-20-9-7-19(8-10-20)27-28(33-16-18(3)4)26(31)24-23(34-27)15-22-21(25(24)30)11-13-29(5,6)35-22/h7-13,15-16,30H,14H2,1-6H3. The van der Waals surface area contributed by atoms with E-state index < -0.39 is 11.0 Å². The molecule has 0 saturated heterocycles. The fourth-order valence-electron chi connectivity index (χ4n) is 3.64. The SMILES string of the molecule is CC(C)=CCOc1ccc(-c2oc3cc4c(c(O)c3c(=O)c2OC=C(C)C)C=CC(C)(C)O4)cc1. The number of ether oxygens (including phenoxy) is 3. The summed E-state index contributed by atoms with van der Waals surface area (Å²) >= 11 is 0. The zero-order valence-corrected chi connectivity index (χ0v) is 20.9. The van der Waals surface area contributed by atoms with E-state index in [0.29, 0.717) is 29.2 Å². The van der Waals surface area contributed by atoms with Gasteiger partial charge in [-0.15, -0.1) is 0 Å². The Morgan fingerprint density at radius 3 is 2.46 bits per heavy atom. The molecule has 6 nitrogen and oxygen atoms in total. The average molecular weight is 475 g/mol. The van der Waals surface area contributed by atoms with Gasteiger partial charge in [0.25, 0.3) is 0 Å². The first-order valence-corrected chi connectivity index (χ1v) is 11.5. The van der Waals surface area contributed by atoms with E-state index in [1.807, 2.05) is 65.8 Å². The van der Waals surface area contributed by atoms with Gasteiger partial charge in [0.2, 0.25) is 11.2 Å². The summed E-state index contributed by atoms with van der Waals surface area (Å²) in [4.78, 5) is 13.6. The summed E-state index contributed by atoms with van der Waals surface area (Å²) in [7, 11) is 0. The van der Waals surface area contributed by atoms with Crippen LogP contribution in [0, 0.1) is 0 Å². The molecule has 0 spiro atoms. The zero-order chi connectivity index (χ0) is 25.3. The van der Waals surface area contributed by atoms with Gasteiger partial charge < -0.3 is 23.7 Å². The van der Waals surface area contributed by atoms with Crippen molar-refractivity contribution in [3.8, 4) is 34.3 Å². The quantitative estimate of drug-likeness (QED) is 0.306. The van der Waals surface area contributed by atoms with Gasteiger partial charge in [-0.05, 0) is 89.6 Å². The monoisotopic (exact) mass is 474 g/mol. The van der Waals surface area contributed by atoms with Gasteiger partial charge in [-0.3, -0.25) is 4.79 Å². The number of benzene rings is 2. The Morgan fingerprint density at radius 2 is 1.80 bits per heavy atom. The van der Waals surface area contributed by atoms with Crippen molar-refractivity contribution in [3.05, 3.63) is 75.7 Å². The van der Waals surface area contributed by atoms with Crippen molar-refractivity contribution < 1.29 is 23.7 Å². The van der Waals surface area contributed by atoms with Gasteiger partial charge in [0, 0.05) is 11.6 Å². The summed E-state index contributed by atoms with van der Waals surface area (Å²) in [6.45, 7) is 12.0. The van der Waals surface area contributed by atoms with Gasteiger partial charge in [0.1, 0.15) is 40.4 Å². The first-order chi connectivity index (χ1) is 16.6. The zero-order valence-electron chi connectivity index (χ0n) is 20.9. The lowest BCUT2D eigenvalue weighted by Crippen LogP contribution is -2.27. The van der Waals surface area contributed by atoms with Crippen molar-refractivity contribution in [2.45, 2.75) is 47.1 Å². The molecule has 0 aliphatic carbocycles. The summed E-state index contributed by atoms with van der Waals surface area (Å²) in [5.74, 6) is 1.18. The lowest BCUT2D eigenvalue weighted by atomic mass is 9.99. The number of hydrogen-bond donors (Lipinski definition) is 1. The summed E-state index contributed by atoms with van der Waals surface area (Å²) in [6.07, 6.45) is 7.07. The van der Waals surface area contributed by atoms with E-state index in [9.17, 15) is 9.90 Å². The van der Waals surface area contributed by atoms with Crippen LogP contribution in [0.1, 0.15) is 47.1 Å². The number of hydrogen-bond acceptors (Lipinski definition) is 6. The van der Waals surface area contributed by atoms with Crippen LogP contribution < -0.4 is 19.6 Å². The average Bonchev–Trinajstić information content (AvgIpc) is 2.77. The van der Waals surface area contributed by atoms with Gasteiger partial charge >= 0.3 is 0 Å². The van der Waals surface area contributed by atoms with Crippen LogP contribution in [0.5, 0.6) is 23.0 Å². The van der Waals surface area contributed by atoms with E-state index >= 15 is 0 Å². The van der Waals surface area contributed by atoms with Crippen LogP contribution in [-0.2, 0) is 0 Å². The highest BCUT2D eigenvalue weighted by Crippen LogP contribution is 2.43. The van der Waals surface area contributed by atoms with E-state index in [4.69, 9.17) is 18.6 Å².